The number of aromatic nitrogens is 3. The van der Waals surface area contributed by atoms with Crippen LogP contribution < -0.4 is 5.32 Å². The molecule has 2 heterocycles. The lowest BCUT2D eigenvalue weighted by Crippen LogP contribution is -2.15. The highest BCUT2D eigenvalue weighted by Crippen LogP contribution is 2.28. The van der Waals surface area contributed by atoms with Gasteiger partial charge in [-0.1, -0.05) is 12.8 Å². The fraction of sp³-hybridized carbons (Fsp3) is 0.400. The smallest absolute Gasteiger partial charge is 0.225 e. The van der Waals surface area contributed by atoms with E-state index in [1.54, 1.807) is 12.4 Å². The first kappa shape index (κ1) is 12.8. The molecule has 0 aliphatic heterocycles. The molecule has 0 radical (unpaired) electrons. The van der Waals surface area contributed by atoms with E-state index in [0.29, 0.717) is 18.2 Å². The highest BCUT2D eigenvalue weighted by atomic mass is 16.1. The van der Waals surface area contributed by atoms with E-state index in [0.717, 1.165) is 11.3 Å². The second-order valence-electron chi connectivity index (χ2n) is 5.31. The molecule has 2 aromatic heterocycles. The van der Waals surface area contributed by atoms with Crippen LogP contribution in [0, 0.1) is 5.92 Å². The first-order chi connectivity index (χ1) is 9.81. The lowest BCUT2D eigenvalue weighted by atomic mass is 10.0. The summed E-state index contributed by atoms with van der Waals surface area (Å²) < 4.78 is 0. The quantitative estimate of drug-likeness (QED) is 0.897. The molecule has 0 spiro atoms. The maximum absolute atomic E-state index is 11.9. The van der Waals surface area contributed by atoms with Gasteiger partial charge in [0.2, 0.25) is 5.91 Å². The predicted octanol–water partition coefficient (Wildman–Crippen LogP) is 2.99. The monoisotopic (exact) mass is 270 g/mol. The fourth-order valence-corrected chi connectivity index (χ4v) is 2.74. The van der Waals surface area contributed by atoms with E-state index in [4.69, 9.17) is 0 Å². The maximum Gasteiger partial charge on any atom is 0.225 e. The molecule has 0 atom stereocenters. The minimum Gasteiger partial charge on any atom is -0.309 e. The van der Waals surface area contributed by atoms with Crippen molar-refractivity contribution in [2.24, 2.45) is 5.92 Å². The van der Waals surface area contributed by atoms with E-state index in [1.807, 2.05) is 18.2 Å². The van der Waals surface area contributed by atoms with Crippen LogP contribution >= 0.6 is 0 Å². The molecule has 104 valence electrons. The molecule has 0 unspecified atom stereocenters. The Morgan fingerprint density at radius 2 is 2.05 bits per heavy atom. The molecule has 1 saturated carbocycles. The molecule has 2 N–H and O–H groups in total. The first-order valence-corrected chi connectivity index (χ1v) is 7.07. The van der Waals surface area contributed by atoms with Crippen LogP contribution in [-0.4, -0.2) is 21.1 Å². The Kier molecular flexibility index (Phi) is 3.76. The first-order valence-electron chi connectivity index (χ1n) is 7.07. The van der Waals surface area contributed by atoms with Gasteiger partial charge in [0.25, 0.3) is 0 Å². The molecule has 20 heavy (non-hydrogen) atoms. The molecule has 1 aliphatic carbocycles. The molecule has 5 heteroatoms. The highest BCUT2D eigenvalue weighted by molar-refractivity contribution is 5.90. The molecule has 3 rings (SSSR count). The third kappa shape index (κ3) is 3.04. The van der Waals surface area contributed by atoms with Crippen molar-refractivity contribution in [3.8, 4) is 11.3 Å². The van der Waals surface area contributed by atoms with Crippen molar-refractivity contribution < 1.29 is 4.79 Å². The Morgan fingerprint density at radius 3 is 2.80 bits per heavy atom. The van der Waals surface area contributed by atoms with Gasteiger partial charge in [0.05, 0.1) is 5.69 Å². The van der Waals surface area contributed by atoms with Gasteiger partial charge in [0.1, 0.15) is 0 Å². The van der Waals surface area contributed by atoms with E-state index >= 15 is 0 Å². The number of nitrogens with zero attached hydrogens (tertiary/aromatic N) is 2. The normalized spacial score (nSPS) is 15.4. The van der Waals surface area contributed by atoms with Crippen LogP contribution in [0.2, 0.25) is 0 Å². The van der Waals surface area contributed by atoms with Crippen molar-refractivity contribution >= 4 is 11.7 Å². The predicted molar refractivity (Wildman–Crippen MR) is 77.0 cm³/mol. The van der Waals surface area contributed by atoms with Gasteiger partial charge in [0, 0.05) is 30.4 Å². The second-order valence-corrected chi connectivity index (χ2v) is 5.31. The van der Waals surface area contributed by atoms with E-state index in [-0.39, 0.29) is 5.91 Å². The van der Waals surface area contributed by atoms with Crippen molar-refractivity contribution in [2.45, 2.75) is 32.1 Å². The van der Waals surface area contributed by atoms with Crippen LogP contribution in [0.1, 0.15) is 32.1 Å². The van der Waals surface area contributed by atoms with Gasteiger partial charge < -0.3 is 5.32 Å². The van der Waals surface area contributed by atoms with Crippen LogP contribution in [0.4, 0.5) is 5.82 Å². The summed E-state index contributed by atoms with van der Waals surface area (Å²) in [6.45, 7) is 0. The number of carbonyl (C=O) groups excluding carboxylic acids is 1. The van der Waals surface area contributed by atoms with Crippen molar-refractivity contribution in [3.05, 3.63) is 30.6 Å². The van der Waals surface area contributed by atoms with E-state index < -0.39 is 0 Å². The molecule has 1 amide bonds. The lowest BCUT2D eigenvalue weighted by molar-refractivity contribution is -0.117. The molecular formula is C15H18N4O. The number of aromatic amines is 1. The minimum atomic E-state index is 0.0599. The topological polar surface area (TPSA) is 70.7 Å². The highest BCUT2D eigenvalue weighted by Gasteiger charge is 2.18. The van der Waals surface area contributed by atoms with Crippen molar-refractivity contribution in [1.82, 2.24) is 15.2 Å². The van der Waals surface area contributed by atoms with E-state index in [1.165, 1.54) is 25.7 Å². The molecule has 0 saturated heterocycles. The number of hydrogen-bond donors (Lipinski definition) is 2. The van der Waals surface area contributed by atoms with Gasteiger partial charge in [0.15, 0.2) is 5.82 Å². The summed E-state index contributed by atoms with van der Waals surface area (Å²) in [5.74, 6) is 1.19. The molecule has 5 nitrogen and oxygen atoms in total. The van der Waals surface area contributed by atoms with Crippen molar-refractivity contribution in [3.63, 3.8) is 0 Å². The third-order valence-corrected chi connectivity index (χ3v) is 3.79. The Morgan fingerprint density at radius 1 is 1.30 bits per heavy atom. The Labute approximate surface area is 117 Å². The van der Waals surface area contributed by atoms with Gasteiger partial charge in [-0.2, -0.15) is 5.10 Å². The molecule has 2 aromatic rings. The summed E-state index contributed by atoms with van der Waals surface area (Å²) >= 11 is 0. The summed E-state index contributed by atoms with van der Waals surface area (Å²) in [7, 11) is 0. The Hall–Kier alpha value is -2.17. The zero-order valence-corrected chi connectivity index (χ0v) is 11.3. The summed E-state index contributed by atoms with van der Waals surface area (Å²) in [6, 6.07) is 5.65. The number of rotatable bonds is 4. The summed E-state index contributed by atoms with van der Waals surface area (Å²) in [6.07, 6.45) is 8.94. The third-order valence-electron chi connectivity index (χ3n) is 3.79. The second kappa shape index (κ2) is 5.86. The summed E-state index contributed by atoms with van der Waals surface area (Å²) in [5.41, 5.74) is 1.88. The molecule has 0 bridgehead atoms. The largest absolute Gasteiger partial charge is 0.309 e. The average molecular weight is 270 g/mol. The fourth-order valence-electron chi connectivity index (χ4n) is 2.74. The van der Waals surface area contributed by atoms with E-state index in [9.17, 15) is 4.79 Å². The molecule has 1 fully saturated rings. The number of hydrogen-bond acceptors (Lipinski definition) is 3. The van der Waals surface area contributed by atoms with Gasteiger partial charge in [-0.3, -0.25) is 14.9 Å². The minimum absolute atomic E-state index is 0.0599. The molecular weight excluding hydrogens is 252 g/mol. The Bertz CT molecular complexity index is 573. The van der Waals surface area contributed by atoms with Crippen LogP contribution in [0.3, 0.4) is 0 Å². The van der Waals surface area contributed by atoms with Crippen LogP contribution in [0.25, 0.3) is 11.3 Å². The average Bonchev–Trinajstić information content (AvgIpc) is 3.11. The molecule has 0 aromatic carbocycles. The van der Waals surface area contributed by atoms with Gasteiger partial charge in [-0.15, -0.1) is 0 Å². The number of amides is 1. The van der Waals surface area contributed by atoms with Crippen molar-refractivity contribution in [2.75, 3.05) is 5.32 Å². The number of carbonyl (C=O) groups is 1. The van der Waals surface area contributed by atoms with Crippen LogP contribution in [0.15, 0.2) is 30.6 Å². The standard InChI is InChI=1S/C15H18N4O/c20-15(9-11-3-1-2-4-11)17-14-10-13(18-19-14)12-5-7-16-8-6-12/h5-8,10-11H,1-4,9H2,(H2,17,18,19,20). The van der Waals surface area contributed by atoms with Gasteiger partial charge in [-0.25, -0.2) is 0 Å². The lowest BCUT2D eigenvalue weighted by Gasteiger charge is -2.07. The van der Waals surface area contributed by atoms with Gasteiger partial charge in [-0.05, 0) is 30.9 Å². The summed E-state index contributed by atoms with van der Waals surface area (Å²) in [5, 5.41) is 9.92. The number of pyridine rings is 1. The molecule has 1 aliphatic rings. The summed E-state index contributed by atoms with van der Waals surface area (Å²) in [4.78, 5) is 15.9. The number of H-pyrrole nitrogens is 1. The van der Waals surface area contributed by atoms with Crippen LogP contribution in [0.5, 0.6) is 0 Å². The Balaban J connectivity index is 1.61. The zero-order chi connectivity index (χ0) is 13.8. The van der Waals surface area contributed by atoms with Gasteiger partial charge >= 0.3 is 0 Å². The maximum atomic E-state index is 11.9. The van der Waals surface area contributed by atoms with E-state index in [2.05, 4.69) is 20.5 Å². The SMILES string of the molecule is O=C(CC1CCCC1)Nc1cc(-c2ccncc2)[nH]n1. The number of anilines is 1. The van der Waals surface area contributed by atoms with Crippen molar-refractivity contribution in [1.29, 1.82) is 0 Å². The zero-order valence-electron chi connectivity index (χ0n) is 11.3. The van der Waals surface area contributed by atoms with Crippen LogP contribution in [-0.2, 0) is 4.79 Å². The number of nitrogens with one attached hydrogen (secondary N) is 2.